The van der Waals surface area contributed by atoms with Gasteiger partial charge >= 0.3 is 0 Å². The fourth-order valence-corrected chi connectivity index (χ4v) is 3.88. The van der Waals surface area contributed by atoms with Crippen LogP contribution in [0.3, 0.4) is 0 Å². The first-order valence-corrected chi connectivity index (χ1v) is 7.58. The third-order valence-corrected chi connectivity index (χ3v) is 5.11. The van der Waals surface area contributed by atoms with Crippen LogP contribution in [0.25, 0.3) is 0 Å². The van der Waals surface area contributed by atoms with Gasteiger partial charge in [-0.1, -0.05) is 20.8 Å². The highest BCUT2D eigenvalue weighted by atomic mass is 16.5. The zero-order valence-corrected chi connectivity index (χ0v) is 13.1. The molecule has 0 saturated carbocycles. The smallest absolute Gasteiger partial charge is 0.242 e. The molecule has 2 amide bonds. The minimum atomic E-state index is -0.391. The van der Waals surface area contributed by atoms with Crippen LogP contribution in [0.5, 0.6) is 0 Å². The summed E-state index contributed by atoms with van der Waals surface area (Å²) in [5.74, 6) is 0.610. The fraction of sp³-hybridized carbons (Fsp3) is 0.867. The number of ether oxygens (including phenoxy) is 1. The molecule has 5 nitrogen and oxygen atoms in total. The summed E-state index contributed by atoms with van der Waals surface area (Å²) >= 11 is 0. The second-order valence-corrected chi connectivity index (χ2v) is 6.12. The van der Waals surface area contributed by atoms with E-state index in [1.807, 2.05) is 0 Å². The number of amides is 2. The van der Waals surface area contributed by atoms with Gasteiger partial charge in [0.05, 0.1) is 18.2 Å². The van der Waals surface area contributed by atoms with Crippen LogP contribution in [0.2, 0.25) is 0 Å². The Kier molecular flexibility index (Phi) is 4.37. The Balaban J connectivity index is 2.30. The number of hydrogen-bond acceptors (Lipinski definition) is 3. The highest BCUT2D eigenvalue weighted by Crippen LogP contribution is 2.42. The molecule has 0 aromatic rings. The van der Waals surface area contributed by atoms with Crippen molar-refractivity contribution in [1.29, 1.82) is 0 Å². The van der Waals surface area contributed by atoms with Crippen molar-refractivity contribution >= 4 is 11.8 Å². The molecule has 2 heterocycles. The van der Waals surface area contributed by atoms with Crippen LogP contribution < -0.4 is 5.32 Å². The van der Waals surface area contributed by atoms with Crippen molar-refractivity contribution in [1.82, 2.24) is 10.2 Å². The van der Waals surface area contributed by atoms with Gasteiger partial charge in [-0.2, -0.15) is 0 Å². The number of likely N-dealkylation sites (N-methyl/N-ethyl adjacent to an activating group) is 1. The van der Waals surface area contributed by atoms with E-state index in [-0.39, 0.29) is 30.1 Å². The van der Waals surface area contributed by atoms with Gasteiger partial charge in [-0.3, -0.25) is 9.59 Å². The SMILES string of the molecule is CCC1O[C@H]2C[C@@H](C(=O)NC)N(C(C)=O)C2[C@@H](C)[C@H]1C. The van der Waals surface area contributed by atoms with E-state index in [0.29, 0.717) is 18.3 Å². The van der Waals surface area contributed by atoms with Crippen molar-refractivity contribution in [2.45, 2.75) is 64.8 Å². The van der Waals surface area contributed by atoms with Crippen LogP contribution in [0.4, 0.5) is 0 Å². The van der Waals surface area contributed by atoms with Crippen molar-refractivity contribution in [3.05, 3.63) is 0 Å². The van der Waals surface area contributed by atoms with Crippen LogP contribution in [-0.4, -0.2) is 48.1 Å². The number of nitrogens with zero attached hydrogens (tertiary/aromatic N) is 1. The van der Waals surface area contributed by atoms with Gasteiger partial charge in [0.25, 0.3) is 0 Å². The lowest BCUT2D eigenvalue weighted by atomic mass is 9.79. The molecule has 2 unspecified atom stereocenters. The summed E-state index contributed by atoms with van der Waals surface area (Å²) in [6.07, 6.45) is 1.79. The molecule has 5 heteroatoms. The maximum absolute atomic E-state index is 12.1. The Hall–Kier alpha value is -1.10. The lowest BCUT2D eigenvalue weighted by molar-refractivity contribution is -0.150. The molecular weight excluding hydrogens is 256 g/mol. The van der Waals surface area contributed by atoms with Crippen LogP contribution in [-0.2, 0) is 14.3 Å². The number of carbonyl (C=O) groups excluding carboxylic acids is 2. The molecule has 2 rings (SSSR count). The van der Waals surface area contributed by atoms with Crippen molar-refractivity contribution in [2.75, 3.05) is 7.05 Å². The van der Waals surface area contributed by atoms with Crippen LogP contribution >= 0.6 is 0 Å². The molecule has 2 aliphatic rings. The summed E-state index contributed by atoms with van der Waals surface area (Å²) in [5, 5.41) is 2.66. The molecule has 1 N–H and O–H groups in total. The van der Waals surface area contributed by atoms with Crippen molar-refractivity contribution < 1.29 is 14.3 Å². The summed E-state index contributed by atoms with van der Waals surface area (Å²) < 4.78 is 6.17. The maximum Gasteiger partial charge on any atom is 0.242 e. The summed E-state index contributed by atoms with van der Waals surface area (Å²) in [5.41, 5.74) is 0. The maximum atomic E-state index is 12.1. The monoisotopic (exact) mass is 282 g/mol. The molecular formula is C15H26N2O3. The first kappa shape index (κ1) is 15.3. The molecule has 114 valence electrons. The Labute approximate surface area is 121 Å². The van der Waals surface area contributed by atoms with Crippen LogP contribution in [0, 0.1) is 11.8 Å². The van der Waals surface area contributed by atoms with E-state index in [9.17, 15) is 9.59 Å². The van der Waals surface area contributed by atoms with Gasteiger partial charge in [-0.15, -0.1) is 0 Å². The average Bonchev–Trinajstić information content (AvgIpc) is 2.81. The summed E-state index contributed by atoms with van der Waals surface area (Å²) in [4.78, 5) is 25.8. The van der Waals surface area contributed by atoms with Crippen LogP contribution in [0.1, 0.15) is 40.5 Å². The minimum absolute atomic E-state index is 0.0163. The van der Waals surface area contributed by atoms with Crippen molar-refractivity contribution in [2.24, 2.45) is 11.8 Å². The predicted octanol–water partition coefficient (Wildman–Crippen LogP) is 1.17. The van der Waals surface area contributed by atoms with Gasteiger partial charge in [-0.05, 0) is 18.3 Å². The third-order valence-electron chi connectivity index (χ3n) is 5.11. The molecule has 0 aromatic heterocycles. The summed E-state index contributed by atoms with van der Waals surface area (Å²) in [6, 6.07) is -0.370. The third kappa shape index (κ3) is 2.32. The topological polar surface area (TPSA) is 58.6 Å². The highest BCUT2D eigenvalue weighted by Gasteiger charge is 2.53. The van der Waals surface area contributed by atoms with Gasteiger partial charge in [0, 0.05) is 20.4 Å². The normalized spacial score (nSPS) is 40.4. The van der Waals surface area contributed by atoms with Gasteiger partial charge in [0.15, 0.2) is 0 Å². The second-order valence-electron chi connectivity index (χ2n) is 6.12. The van der Waals surface area contributed by atoms with E-state index < -0.39 is 6.04 Å². The predicted molar refractivity (Wildman–Crippen MR) is 76.1 cm³/mol. The summed E-state index contributed by atoms with van der Waals surface area (Å²) in [6.45, 7) is 8.03. The Morgan fingerprint density at radius 3 is 2.45 bits per heavy atom. The van der Waals surface area contributed by atoms with Crippen LogP contribution in [0.15, 0.2) is 0 Å². The minimum Gasteiger partial charge on any atom is -0.372 e. The zero-order chi connectivity index (χ0) is 15.0. The van der Waals surface area contributed by atoms with Gasteiger partial charge in [-0.25, -0.2) is 0 Å². The number of hydrogen-bond donors (Lipinski definition) is 1. The van der Waals surface area contributed by atoms with E-state index >= 15 is 0 Å². The van der Waals surface area contributed by atoms with E-state index in [4.69, 9.17) is 4.74 Å². The van der Waals surface area contributed by atoms with Gasteiger partial charge < -0.3 is 15.0 Å². The van der Waals surface area contributed by atoms with Gasteiger partial charge in [0.2, 0.25) is 11.8 Å². The molecule has 0 aliphatic carbocycles. The molecule has 6 atom stereocenters. The zero-order valence-electron chi connectivity index (χ0n) is 13.1. The molecule has 0 radical (unpaired) electrons. The quantitative estimate of drug-likeness (QED) is 0.827. The molecule has 0 bridgehead atoms. The molecule has 2 aliphatic heterocycles. The fourth-order valence-electron chi connectivity index (χ4n) is 3.88. The standard InChI is InChI=1S/C15H26N2O3/c1-6-12-8(2)9(3)14-13(20-12)7-11(15(19)16-5)17(14)10(4)18/h8-9,11-14H,6-7H2,1-5H3,(H,16,19)/t8-,9+,11+,12?,13+,14?/m1/s1. The number of rotatable bonds is 2. The lowest BCUT2D eigenvalue weighted by Crippen LogP contribution is -2.55. The highest BCUT2D eigenvalue weighted by molar-refractivity contribution is 5.87. The number of fused-ring (bicyclic) bond motifs is 1. The first-order chi connectivity index (χ1) is 9.42. The van der Waals surface area contributed by atoms with Crippen molar-refractivity contribution in [3.8, 4) is 0 Å². The molecule has 0 spiro atoms. The molecule has 2 fully saturated rings. The average molecular weight is 282 g/mol. The second kappa shape index (κ2) is 5.72. The number of likely N-dealkylation sites (tertiary alicyclic amines) is 1. The van der Waals surface area contributed by atoms with Gasteiger partial charge in [0.1, 0.15) is 6.04 Å². The molecule has 0 aromatic carbocycles. The summed E-state index contributed by atoms with van der Waals surface area (Å²) in [7, 11) is 1.62. The molecule has 20 heavy (non-hydrogen) atoms. The van der Waals surface area contributed by atoms with Crippen molar-refractivity contribution in [3.63, 3.8) is 0 Å². The van der Waals surface area contributed by atoms with E-state index in [1.165, 1.54) is 0 Å². The molecule has 2 saturated heterocycles. The first-order valence-electron chi connectivity index (χ1n) is 7.58. The van der Waals surface area contributed by atoms with E-state index in [2.05, 4.69) is 26.1 Å². The number of nitrogens with one attached hydrogen (secondary N) is 1. The van der Waals surface area contributed by atoms with E-state index in [0.717, 1.165) is 6.42 Å². The van der Waals surface area contributed by atoms with E-state index in [1.54, 1.807) is 18.9 Å². The lowest BCUT2D eigenvalue weighted by Gasteiger charge is -2.44. The Morgan fingerprint density at radius 2 is 1.95 bits per heavy atom. The Morgan fingerprint density at radius 1 is 1.30 bits per heavy atom. The number of carbonyl (C=O) groups is 2. The Bertz CT molecular complexity index is 399. The largest absolute Gasteiger partial charge is 0.372 e.